The van der Waals surface area contributed by atoms with Crippen LogP contribution in [-0.4, -0.2) is 23.3 Å². The monoisotopic (exact) mass is 363 g/mol. The van der Waals surface area contributed by atoms with Crippen molar-refractivity contribution in [2.24, 2.45) is 0 Å². The van der Waals surface area contributed by atoms with E-state index in [2.05, 4.69) is 21.7 Å². The summed E-state index contributed by atoms with van der Waals surface area (Å²) < 4.78 is 0. The van der Waals surface area contributed by atoms with Crippen LogP contribution in [0, 0.1) is 0 Å². The Morgan fingerprint density at radius 3 is 2.41 bits per heavy atom. The zero-order valence-corrected chi connectivity index (χ0v) is 15.4. The van der Waals surface area contributed by atoms with Crippen LogP contribution in [0.25, 0.3) is 0 Å². The van der Waals surface area contributed by atoms with Crippen molar-refractivity contribution in [2.45, 2.75) is 38.6 Å². The molecular formula is C22H25N3O2. The largest absolute Gasteiger partial charge is 0.352 e. The van der Waals surface area contributed by atoms with Gasteiger partial charge in [0, 0.05) is 25.5 Å². The lowest BCUT2D eigenvalue weighted by atomic mass is 9.97. The fourth-order valence-corrected chi connectivity index (χ4v) is 3.14. The average molecular weight is 363 g/mol. The predicted molar refractivity (Wildman–Crippen MR) is 105 cm³/mol. The van der Waals surface area contributed by atoms with E-state index in [-0.39, 0.29) is 11.8 Å². The highest BCUT2D eigenvalue weighted by Crippen LogP contribution is 2.19. The predicted octanol–water partition coefficient (Wildman–Crippen LogP) is 3.63. The van der Waals surface area contributed by atoms with E-state index in [9.17, 15) is 9.59 Å². The molecule has 0 aliphatic heterocycles. The zero-order chi connectivity index (χ0) is 18.9. The van der Waals surface area contributed by atoms with Gasteiger partial charge in [0.25, 0.3) is 11.8 Å². The fraction of sp³-hybridized carbons (Fsp3) is 0.318. The molecule has 2 aromatic rings. The van der Waals surface area contributed by atoms with Gasteiger partial charge in [-0.25, -0.2) is 0 Å². The molecule has 0 unspecified atom stereocenters. The Bertz CT molecular complexity index is 815. The van der Waals surface area contributed by atoms with Gasteiger partial charge in [-0.15, -0.1) is 0 Å². The number of aromatic nitrogens is 1. The van der Waals surface area contributed by atoms with Gasteiger partial charge in [0.05, 0.1) is 11.1 Å². The Hall–Kier alpha value is -2.95. The number of hydrogen-bond acceptors (Lipinski definition) is 3. The topological polar surface area (TPSA) is 71.1 Å². The molecule has 0 radical (unpaired) electrons. The van der Waals surface area contributed by atoms with Crippen LogP contribution in [-0.2, 0) is 6.54 Å². The van der Waals surface area contributed by atoms with E-state index in [0.717, 1.165) is 24.8 Å². The molecule has 1 aromatic carbocycles. The van der Waals surface area contributed by atoms with Gasteiger partial charge >= 0.3 is 0 Å². The molecule has 0 saturated carbocycles. The van der Waals surface area contributed by atoms with E-state index in [0.29, 0.717) is 24.2 Å². The van der Waals surface area contributed by atoms with Gasteiger partial charge < -0.3 is 10.6 Å². The molecule has 1 heterocycles. The maximum absolute atomic E-state index is 12.3. The van der Waals surface area contributed by atoms with Gasteiger partial charge in [-0.1, -0.05) is 42.0 Å². The molecule has 3 rings (SSSR count). The number of carbonyl (C=O) groups excluding carboxylic acids is 2. The number of rotatable bonds is 7. The third kappa shape index (κ3) is 5.78. The summed E-state index contributed by atoms with van der Waals surface area (Å²) in [5, 5.41) is 5.77. The van der Waals surface area contributed by atoms with Gasteiger partial charge in [0.15, 0.2) is 0 Å². The van der Waals surface area contributed by atoms with Crippen molar-refractivity contribution in [2.75, 3.05) is 6.54 Å². The van der Waals surface area contributed by atoms with Crippen molar-refractivity contribution in [3.8, 4) is 0 Å². The molecule has 1 aliphatic carbocycles. The lowest BCUT2D eigenvalue weighted by Gasteiger charge is -2.13. The summed E-state index contributed by atoms with van der Waals surface area (Å²) >= 11 is 0. The minimum atomic E-state index is -0.242. The standard InChI is InChI=1S/C22H25N3O2/c26-21(24-12-11-17-7-3-1-4-8-17)19-13-20(16-23-15-19)22(27)25-14-18-9-5-2-6-10-18/h2,5-7,9-10,13,15-16H,1,3-4,8,11-12,14H2,(H,24,26)(H,25,27). The number of nitrogens with one attached hydrogen (secondary N) is 2. The maximum atomic E-state index is 12.3. The number of nitrogens with zero attached hydrogens (tertiary/aromatic N) is 1. The maximum Gasteiger partial charge on any atom is 0.253 e. The number of amides is 2. The zero-order valence-electron chi connectivity index (χ0n) is 15.4. The summed E-state index contributed by atoms with van der Waals surface area (Å²) in [5.41, 5.74) is 3.23. The number of pyridine rings is 1. The van der Waals surface area contributed by atoms with Crippen LogP contribution in [0.3, 0.4) is 0 Å². The molecular weight excluding hydrogens is 338 g/mol. The molecule has 2 N–H and O–H groups in total. The molecule has 1 aromatic heterocycles. The normalized spacial score (nSPS) is 13.6. The summed E-state index contributed by atoms with van der Waals surface area (Å²) in [6.45, 7) is 1.04. The Balaban J connectivity index is 1.51. The summed E-state index contributed by atoms with van der Waals surface area (Å²) in [4.78, 5) is 28.7. The van der Waals surface area contributed by atoms with Crippen molar-refractivity contribution >= 4 is 11.8 Å². The van der Waals surface area contributed by atoms with Gasteiger partial charge in [-0.3, -0.25) is 14.6 Å². The second kappa shape index (κ2) is 9.67. The molecule has 2 amide bonds. The first-order valence-corrected chi connectivity index (χ1v) is 9.45. The van der Waals surface area contributed by atoms with Crippen LogP contribution < -0.4 is 10.6 Å². The fourth-order valence-electron chi connectivity index (χ4n) is 3.14. The third-order valence-electron chi connectivity index (χ3n) is 4.68. The van der Waals surface area contributed by atoms with E-state index >= 15 is 0 Å². The van der Waals surface area contributed by atoms with E-state index in [1.165, 1.54) is 30.8 Å². The molecule has 5 nitrogen and oxygen atoms in total. The first-order valence-electron chi connectivity index (χ1n) is 9.45. The third-order valence-corrected chi connectivity index (χ3v) is 4.68. The van der Waals surface area contributed by atoms with E-state index < -0.39 is 0 Å². The summed E-state index contributed by atoms with van der Waals surface area (Å²) in [7, 11) is 0. The smallest absolute Gasteiger partial charge is 0.253 e. The molecule has 27 heavy (non-hydrogen) atoms. The van der Waals surface area contributed by atoms with Crippen molar-refractivity contribution < 1.29 is 9.59 Å². The first-order chi connectivity index (χ1) is 13.2. The van der Waals surface area contributed by atoms with Crippen LogP contribution in [0.2, 0.25) is 0 Å². The lowest BCUT2D eigenvalue weighted by molar-refractivity contribution is 0.0950. The average Bonchev–Trinajstić information content (AvgIpc) is 2.73. The highest BCUT2D eigenvalue weighted by molar-refractivity contribution is 5.99. The number of allylic oxidation sites excluding steroid dienone is 1. The summed E-state index contributed by atoms with van der Waals surface area (Å²) in [5.74, 6) is -0.440. The Morgan fingerprint density at radius 2 is 1.70 bits per heavy atom. The minimum absolute atomic E-state index is 0.198. The Labute approximate surface area is 159 Å². The van der Waals surface area contributed by atoms with Crippen molar-refractivity contribution in [3.05, 3.63) is 77.1 Å². The van der Waals surface area contributed by atoms with Crippen molar-refractivity contribution in [1.82, 2.24) is 15.6 Å². The van der Waals surface area contributed by atoms with Crippen LogP contribution in [0.4, 0.5) is 0 Å². The molecule has 0 bridgehead atoms. The molecule has 140 valence electrons. The molecule has 1 aliphatic rings. The van der Waals surface area contributed by atoms with Gasteiger partial charge in [0.2, 0.25) is 0 Å². The summed E-state index contributed by atoms with van der Waals surface area (Å²) in [6.07, 6.45) is 10.9. The van der Waals surface area contributed by atoms with E-state index in [4.69, 9.17) is 0 Å². The molecule has 0 spiro atoms. The van der Waals surface area contributed by atoms with E-state index in [1.54, 1.807) is 6.07 Å². The Kier molecular flexibility index (Phi) is 6.74. The first kappa shape index (κ1) is 18.8. The Morgan fingerprint density at radius 1 is 0.963 bits per heavy atom. The number of carbonyl (C=O) groups is 2. The lowest BCUT2D eigenvalue weighted by Crippen LogP contribution is -2.26. The SMILES string of the molecule is O=C(NCCC1=CCCCC1)c1cncc(C(=O)NCc2ccccc2)c1. The number of benzene rings is 1. The number of hydrogen-bond donors (Lipinski definition) is 2. The minimum Gasteiger partial charge on any atom is -0.352 e. The van der Waals surface area contributed by atoms with Crippen molar-refractivity contribution in [3.63, 3.8) is 0 Å². The molecule has 0 fully saturated rings. The highest BCUT2D eigenvalue weighted by atomic mass is 16.2. The van der Waals surface area contributed by atoms with Gasteiger partial charge in [-0.2, -0.15) is 0 Å². The van der Waals surface area contributed by atoms with E-state index in [1.807, 2.05) is 30.3 Å². The molecule has 5 heteroatoms. The quantitative estimate of drug-likeness (QED) is 0.738. The van der Waals surface area contributed by atoms with Crippen LogP contribution in [0.15, 0.2) is 60.4 Å². The second-order valence-corrected chi connectivity index (χ2v) is 6.74. The van der Waals surface area contributed by atoms with Crippen molar-refractivity contribution in [1.29, 1.82) is 0 Å². The highest BCUT2D eigenvalue weighted by Gasteiger charge is 2.12. The van der Waals surface area contributed by atoms with Gasteiger partial charge in [0.1, 0.15) is 0 Å². The van der Waals surface area contributed by atoms with Gasteiger partial charge in [-0.05, 0) is 43.7 Å². The molecule has 0 saturated heterocycles. The van der Waals surface area contributed by atoms with Crippen LogP contribution in [0.5, 0.6) is 0 Å². The van der Waals surface area contributed by atoms with Crippen LogP contribution in [0.1, 0.15) is 58.4 Å². The summed E-state index contributed by atoms with van der Waals surface area (Å²) in [6, 6.07) is 11.3. The second-order valence-electron chi connectivity index (χ2n) is 6.74. The van der Waals surface area contributed by atoms with Crippen LogP contribution >= 0.6 is 0 Å². The molecule has 0 atom stereocenters.